The first-order valence-corrected chi connectivity index (χ1v) is 7.15. The van der Waals surface area contributed by atoms with Gasteiger partial charge in [-0.25, -0.2) is 9.97 Å². The van der Waals surface area contributed by atoms with Crippen LogP contribution in [0.5, 0.6) is 0 Å². The number of hydrogen-bond acceptors (Lipinski definition) is 5. The maximum absolute atomic E-state index is 10.1. The Balaban J connectivity index is 2.69. The molecule has 0 bridgehead atoms. The van der Waals surface area contributed by atoms with Gasteiger partial charge in [-0.2, -0.15) is 0 Å². The van der Waals surface area contributed by atoms with Crippen LogP contribution in [-0.4, -0.2) is 27.7 Å². The molecule has 19 heavy (non-hydrogen) atoms. The van der Waals surface area contributed by atoms with Crippen molar-refractivity contribution in [1.82, 2.24) is 9.97 Å². The summed E-state index contributed by atoms with van der Waals surface area (Å²) in [7, 11) is 0. The Morgan fingerprint density at radius 2 is 1.95 bits per heavy atom. The van der Waals surface area contributed by atoms with Crippen LogP contribution in [0, 0.1) is 5.92 Å². The van der Waals surface area contributed by atoms with E-state index in [0.29, 0.717) is 18.3 Å². The number of nitrogen functional groups attached to an aromatic ring is 1. The SMILES string of the molecule is CCCc1c(N)ncnc1NCC(O)C(CC)CC. The van der Waals surface area contributed by atoms with Gasteiger partial charge in [-0.3, -0.25) is 0 Å². The van der Waals surface area contributed by atoms with Gasteiger partial charge in [0, 0.05) is 12.1 Å². The van der Waals surface area contributed by atoms with Gasteiger partial charge >= 0.3 is 0 Å². The van der Waals surface area contributed by atoms with Crippen LogP contribution in [0.1, 0.15) is 45.6 Å². The zero-order chi connectivity index (χ0) is 14.3. The molecule has 0 aliphatic carbocycles. The Kier molecular flexibility index (Phi) is 6.56. The fourth-order valence-electron chi connectivity index (χ4n) is 2.28. The van der Waals surface area contributed by atoms with E-state index in [0.717, 1.165) is 37.1 Å². The Hall–Kier alpha value is -1.36. The second kappa shape index (κ2) is 7.94. The number of nitrogens with one attached hydrogen (secondary N) is 1. The van der Waals surface area contributed by atoms with E-state index in [2.05, 4.69) is 36.1 Å². The fourth-order valence-corrected chi connectivity index (χ4v) is 2.28. The van der Waals surface area contributed by atoms with Crippen LogP contribution in [0.3, 0.4) is 0 Å². The van der Waals surface area contributed by atoms with E-state index in [1.54, 1.807) is 0 Å². The van der Waals surface area contributed by atoms with E-state index < -0.39 is 0 Å². The number of aromatic nitrogens is 2. The zero-order valence-electron chi connectivity index (χ0n) is 12.2. The van der Waals surface area contributed by atoms with E-state index in [4.69, 9.17) is 5.73 Å². The van der Waals surface area contributed by atoms with Gasteiger partial charge in [-0.05, 0) is 12.3 Å². The lowest BCUT2D eigenvalue weighted by Crippen LogP contribution is -2.28. The molecule has 0 spiro atoms. The highest BCUT2D eigenvalue weighted by Gasteiger charge is 2.16. The minimum atomic E-state index is -0.360. The summed E-state index contributed by atoms with van der Waals surface area (Å²) in [5, 5.41) is 13.3. The average Bonchev–Trinajstić information content (AvgIpc) is 2.41. The van der Waals surface area contributed by atoms with Gasteiger partial charge in [-0.15, -0.1) is 0 Å². The van der Waals surface area contributed by atoms with Crippen molar-refractivity contribution in [1.29, 1.82) is 0 Å². The standard InChI is InChI=1S/C14H26N4O/c1-4-7-11-13(15)17-9-18-14(11)16-8-12(19)10(5-2)6-3/h9-10,12,19H,4-8H2,1-3H3,(H3,15,16,17,18). The fraction of sp³-hybridized carbons (Fsp3) is 0.714. The molecule has 1 aromatic heterocycles. The van der Waals surface area contributed by atoms with Crippen molar-refractivity contribution in [2.45, 2.75) is 52.6 Å². The third-order valence-corrected chi connectivity index (χ3v) is 3.55. The van der Waals surface area contributed by atoms with Crippen LogP contribution < -0.4 is 11.1 Å². The lowest BCUT2D eigenvalue weighted by Gasteiger charge is -2.21. The van der Waals surface area contributed by atoms with Gasteiger partial charge in [-0.1, -0.05) is 40.0 Å². The predicted octanol–water partition coefficient (Wildman–Crippen LogP) is 2.22. The Morgan fingerprint density at radius 1 is 1.26 bits per heavy atom. The van der Waals surface area contributed by atoms with Crippen LogP contribution in [-0.2, 0) is 6.42 Å². The number of hydrogen-bond donors (Lipinski definition) is 3. The highest BCUT2D eigenvalue weighted by Crippen LogP contribution is 2.20. The van der Waals surface area contributed by atoms with Crippen molar-refractivity contribution in [2.75, 3.05) is 17.6 Å². The number of anilines is 2. The molecule has 108 valence electrons. The summed E-state index contributed by atoms with van der Waals surface area (Å²) >= 11 is 0. The van der Waals surface area contributed by atoms with Crippen molar-refractivity contribution in [2.24, 2.45) is 5.92 Å². The monoisotopic (exact) mass is 266 g/mol. The number of rotatable bonds is 8. The van der Waals surface area contributed by atoms with Crippen LogP contribution in [0.25, 0.3) is 0 Å². The van der Waals surface area contributed by atoms with Crippen molar-refractivity contribution >= 4 is 11.6 Å². The van der Waals surface area contributed by atoms with Gasteiger partial charge in [0.15, 0.2) is 0 Å². The largest absolute Gasteiger partial charge is 0.391 e. The normalized spacial score (nSPS) is 12.7. The number of nitrogens with zero attached hydrogens (tertiary/aromatic N) is 2. The first-order valence-electron chi connectivity index (χ1n) is 7.15. The summed E-state index contributed by atoms with van der Waals surface area (Å²) < 4.78 is 0. The lowest BCUT2D eigenvalue weighted by molar-refractivity contribution is 0.114. The molecular formula is C14H26N4O. The third-order valence-electron chi connectivity index (χ3n) is 3.55. The van der Waals surface area contributed by atoms with Crippen LogP contribution >= 0.6 is 0 Å². The molecule has 1 aromatic rings. The van der Waals surface area contributed by atoms with Crippen LogP contribution in [0.4, 0.5) is 11.6 Å². The van der Waals surface area contributed by atoms with Crippen LogP contribution in [0.2, 0.25) is 0 Å². The van der Waals surface area contributed by atoms with E-state index in [1.165, 1.54) is 6.33 Å². The number of nitrogens with two attached hydrogens (primary N) is 1. The highest BCUT2D eigenvalue weighted by molar-refractivity contribution is 5.55. The first kappa shape index (κ1) is 15.7. The second-order valence-electron chi connectivity index (χ2n) is 4.86. The molecule has 0 aromatic carbocycles. The molecule has 0 radical (unpaired) electrons. The van der Waals surface area contributed by atoms with E-state index in [9.17, 15) is 5.11 Å². The molecule has 0 fully saturated rings. The summed E-state index contributed by atoms with van der Waals surface area (Å²) in [5.74, 6) is 1.59. The van der Waals surface area contributed by atoms with E-state index in [1.807, 2.05) is 0 Å². The van der Waals surface area contributed by atoms with Gasteiger partial charge in [0.1, 0.15) is 18.0 Å². The quantitative estimate of drug-likeness (QED) is 0.672. The molecular weight excluding hydrogens is 240 g/mol. The zero-order valence-corrected chi connectivity index (χ0v) is 12.2. The van der Waals surface area contributed by atoms with Gasteiger partial charge < -0.3 is 16.2 Å². The van der Waals surface area contributed by atoms with Crippen molar-refractivity contribution < 1.29 is 5.11 Å². The van der Waals surface area contributed by atoms with Crippen molar-refractivity contribution in [3.05, 3.63) is 11.9 Å². The lowest BCUT2D eigenvalue weighted by atomic mass is 9.96. The molecule has 1 atom stereocenters. The molecule has 0 aliphatic rings. The summed E-state index contributed by atoms with van der Waals surface area (Å²) in [6.07, 6.45) is 4.89. The molecule has 1 heterocycles. The van der Waals surface area contributed by atoms with E-state index in [-0.39, 0.29) is 6.10 Å². The minimum Gasteiger partial charge on any atom is -0.391 e. The van der Waals surface area contributed by atoms with Gasteiger partial charge in [0.05, 0.1) is 6.10 Å². The maximum atomic E-state index is 10.1. The number of aliphatic hydroxyl groups excluding tert-OH is 1. The van der Waals surface area contributed by atoms with Crippen LogP contribution in [0.15, 0.2) is 6.33 Å². The summed E-state index contributed by atoms with van der Waals surface area (Å²) in [6, 6.07) is 0. The molecule has 1 unspecified atom stereocenters. The molecule has 0 aliphatic heterocycles. The number of aliphatic hydroxyl groups is 1. The highest BCUT2D eigenvalue weighted by atomic mass is 16.3. The molecule has 5 nitrogen and oxygen atoms in total. The Bertz CT molecular complexity index is 380. The van der Waals surface area contributed by atoms with Gasteiger partial charge in [0.25, 0.3) is 0 Å². The average molecular weight is 266 g/mol. The first-order chi connectivity index (χ1) is 9.13. The maximum Gasteiger partial charge on any atom is 0.134 e. The Morgan fingerprint density at radius 3 is 2.53 bits per heavy atom. The molecule has 0 saturated carbocycles. The van der Waals surface area contributed by atoms with Gasteiger partial charge in [0.2, 0.25) is 0 Å². The summed E-state index contributed by atoms with van der Waals surface area (Å²) in [4.78, 5) is 8.24. The smallest absolute Gasteiger partial charge is 0.134 e. The third kappa shape index (κ3) is 4.35. The minimum absolute atomic E-state index is 0.321. The van der Waals surface area contributed by atoms with Crippen molar-refractivity contribution in [3.63, 3.8) is 0 Å². The predicted molar refractivity (Wildman–Crippen MR) is 79.0 cm³/mol. The molecule has 1 rings (SSSR count). The Labute approximate surface area is 115 Å². The topological polar surface area (TPSA) is 84.1 Å². The summed E-state index contributed by atoms with van der Waals surface area (Å²) in [6.45, 7) is 6.79. The second-order valence-corrected chi connectivity index (χ2v) is 4.86. The molecule has 0 amide bonds. The molecule has 0 saturated heterocycles. The van der Waals surface area contributed by atoms with Crippen molar-refractivity contribution in [3.8, 4) is 0 Å². The molecule has 5 heteroatoms. The molecule has 4 N–H and O–H groups in total. The summed E-state index contributed by atoms with van der Waals surface area (Å²) in [5.41, 5.74) is 6.82. The van der Waals surface area contributed by atoms with E-state index >= 15 is 0 Å².